The van der Waals surface area contributed by atoms with Gasteiger partial charge in [0.2, 0.25) is 0 Å². The lowest BCUT2D eigenvalue weighted by molar-refractivity contribution is -0.137. The van der Waals surface area contributed by atoms with Crippen LogP contribution in [0.4, 0.5) is 18.9 Å². The van der Waals surface area contributed by atoms with Crippen molar-refractivity contribution in [3.05, 3.63) is 84.4 Å². The molecule has 2 N–H and O–H groups in total. The maximum Gasteiger partial charge on any atom is 0.416 e. The second kappa shape index (κ2) is 7.16. The Hall–Kier alpha value is -2.52. The number of halogens is 3. The first kappa shape index (κ1) is 17.3. The van der Waals surface area contributed by atoms with Crippen LogP contribution in [0.25, 0.3) is 0 Å². The molecular formula is C19H15F3NOP. The summed E-state index contributed by atoms with van der Waals surface area (Å²) >= 11 is 0. The van der Waals surface area contributed by atoms with Crippen LogP contribution in [0.5, 0.6) is 5.75 Å². The number of anilines is 1. The average Bonchev–Trinajstić information content (AvgIpc) is 2.60. The number of nitrogen functional groups attached to an aromatic ring is 1. The second-order valence-electron chi connectivity index (χ2n) is 5.35. The maximum absolute atomic E-state index is 13.0. The highest BCUT2D eigenvalue weighted by molar-refractivity contribution is 7.68. The molecule has 0 saturated heterocycles. The summed E-state index contributed by atoms with van der Waals surface area (Å²) < 4.78 is 45.1. The summed E-state index contributed by atoms with van der Waals surface area (Å²) in [6.07, 6.45) is -4.48. The lowest BCUT2D eigenvalue weighted by Gasteiger charge is -2.20. The zero-order chi connectivity index (χ0) is 17.9. The fourth-order valence-electron chi connectivity index (χ4n) is 2.33. The fraction of sp³-hybridized carbons (Fsp3) is 0.0526. The van der Waals surface area contributed by atoms with Crippen molar-refractivity contribution in [1.82, 2.24) is 0 Å². The third kappa shape index (κ3) is 4.31. The molecule has 3 aromatic carbocycles. The van der Waals surface area contributed by atoms with E-state index in [-0.39, 0.29) is 11.4 Å². The van der Waals surface area contributed by atoms with Crippen LogP contribution in [0, 0.1) is 0 Å². The van der Waals surface area contributed by atoms with Crippen LogP contribution in [0.1, 0.15) is 5.56 Å². The van der Waals surface area contributed by atoms with E-state index < -0.39 is 19.9 Å². The highest BCUT2D eigenvalue weighted by Crippen LogP contribution is 2.40. The van der Waals surface area contributed by atoms with Crippen molar-refractivity contribution >= 4 is 24.4 Å². The molecule has 0 aliphatic heterocycles. The van der Waals surface area contributed by atoms with Crippen molar-refractivity contribution in [2.75, 3.05) is 5.73 Å². The Morgan fingerprint density at radius 1 is 0.760 bits per heavy atom. The number of hydrogen-bond donors (Lipinski definition) is 1. The Balaban J connectivity index is 2.01. The largest absolute Gasteiger partial charge is 0.464 e. The second-order valence-corrected chi connectivity index (χ2v) is 7.15. The Labute approximate surface area is 144 Å². The molecule has 0 atom stereocenters. The van der Waals surface area contributed by atoms with Gasteiger partial charge in [0.1, 0.15) is 5.75 Å². The van der Waals surface area contributed by atoms with Gasteiger partial charge in [0.25, 0.3) is 0 Å². The Morgan fingerprint density at radius 3 is 1.76 bits per heavy atom. The summed E-state index contributed by atoms with van der Waals surface area (Å²) in [5.74, 6) is 0.103. The first-order valence-corrected chi connectivity index (χ1v) is 8.75. The molecule has 0 bridgehead atoms. The summed E-state index contributed by atoms with van der Waals surface area (Å²) in [4.78, 5) is 0. The number of rotatable bonds is 4. The van der Waals surface area contributed by atoms with Gasteiger partial charge in [-0.05, 0) is 12.1 Å². The van der Waals surface area contributed by atoms with Crippen LogP contribution in [-0.4, -0.2) is 0 Å². The molecule has 0 fully saturated rings. The monoisotopic (exact) mass is 361 g/mol. The normalized spacial score (nSPS) is 11.5. The minimum absolute atomic E-state index is 0.0147. The standard InChI is InChI=1S/C19H15F3NOP/c20-19(21,22)14-11-15(23)13-16(12-14)24-25(17-7-3-1-4-8-17)18-9-5-2-6-10-18/h1-13H,23H2. The van der Waals surface area contributed by atoms with E-state index in [0.717, 1.165) is 22.7 Å². The van der Waals surface area contributed by atoms with Crippen molar-refractivity contribution < 1.29 is 17.7 Å². The highest BCUT2D eigenvalue weighted by atomic mass is 31.1. The van der Waals surface area contributed by atoms with Crippen LogP contribution in [-0.2, 0) is 6.18 Å². The van der Waals surface area contributed by atoms with Crippen molar-refractivity contribution in [3.63, 3.8) is 0 Å². The lowest BCUT2D eigenvalue weighted by atomic mass is 10.2. The van der Waals surface area contributed by atoms with E-state index >= 15 is 0 Å². The van der Waals surface area contributed by atoms with Gasteiger partial charge in [-0.1, -0.05) is 60.7 Å². The van der Waals surface area contributed by atoms with E-state index in [9.17, 15) is 13.2 Å². The number of nitrogens with two attached hydrogens (primary N) is 1. The van der Waals surface area contributed by atoms with Gasteiger partial charge in [0.05, 0.1) is 5.56 Å². The molecule has 0 heterocycles. The summed E-state index contributed by atoms with van der Waals surface area (Å²) in [5, 5.41) is 1.80. The van der Waals surface area contributed by atoms with Gasteiger partial charge in [-0.25, -0.2) is 0 Å². The van der Waals surface area contributed by atoms with Gasteiger partial charge >= 0.3 is 6.18 Å². The molecule has 25 heavy (non-hydrogen) atoms. The Bertz CT molecular complexity index is 799. The molecule has 0 amide bonds. The van der Waals surface area contributed by atoms with Gasteiger partial charge in [-0.2, -0.15) is 13.2 Å². The predicted octanol–water partition coefficient (Wildman–Crippen LogP) is 4.71. The molecule has 3 rings (SSSR count). The van der Waals surface area contributed by atoms with Gasteiger partial charge in [0.15, 0.2) is 8.15 Å². The van der Waals surface area contributed by atoms with Gasteiger partial charge in [-0.3, -0.25) is 0 Å². The van der Waals surface area contributed by atoms with Crippen LogP contribution in [0.2, 0.25) is 0 Å². The SMILES string of the molecule is Nc1cc(OP(c2ccccc2)c2ccccc2)cc(C(F)(F)F)c1. The van der Waals surface area contributed by atoms with Crippen LogP contribution >= 0.6 is 8.15 Å². The van der Waals surface area contributed by atoms with E-state index in [2.05, 4.69) is 0 Å². The van der Waals surface area contributed by atoms with E-state index in [0.29, 0.717) is 0 Å². The zero-order valence-corrected chi connectivity index (χ0v) is 14.0. The predicted molar refractivity (Wildman–Crippen MR) is 95.6 cm³/mol. The summed E-state index contributed by atoms with van der Waals surface area (Å²) in [7, 11) is -1.31. The molecule has 0 radical (unpaired) electrons. The highest BCUT2D eigenvalue weighted by Gasteiger charge is 2.31. The summed E-state index contributed by atoms with van der Waals surface area (Å²) in [6.45, 7) is 0. The van der Waals surface area contributed by atoms with Gasteiger partial charge in [0, 0.05) is 22.4 Å². The lowest BCUT2D eigenvalue weighted by Crippen LogP contribution is -2.15. The third-order valence-electron chi connectivity index (χ3n) is 3.43. The quantitative estimate of drug-likeness (QED) is 0.539. The number of alkyl halides is 3. The molecule has 0 saturated carbocycles. The Morgan fingerprint density at radius 2 is 1.28 bits per heavy atom. The molecule has 0 spiro atoms. The molecule has 3 aromatic rings. The first-order valence-electron chi connectivity index (χ1n) is 7.49. The van der Waals surface area contributed by atoms with E-state index in [4.69, 9.17) is 10.3 Å². The van der Waals surface area contributed by atoms with Gasteiger partial charge < -0.3 is 10.3 Å². The van der Waals surface area contributed by atoms with Crippen molar-refractivity contribution in [2.45, 2.75) is 6.18 Å². The average molecular weight is 361 g/mol. The molecule has 2 nitrogen and oxygen atoms in total. The molecule has 0 aliphatic carbocycles. The van der Waals surface area contributed by atoms with Crippen molar-refractivity contribution in [1.29, 1.82) is 0 Å². The van der Waals surface area contributed by atoms with Crippen LogP contribution in [0.15, 0.2) is 78.9 Å². The van der Waals surface area contributed by atoms with Crippen LogP contribution in [0.3, 0.4) is 0 Å². The molecule has 0 unspecified atom stereocenters. The molecule has 0 aliphatic rings. The zero-order valence-electron chi connectivity index (χ0n) is 13.1. The van der Waals surface area contributed by atoms with E-state index in [1.807, 2.05) is 60.7 Å². The molecule has 6 heteroatoms. The van der Waals surface area contributed by atoms with E-state index in [1.165, 1.54) is 6.07 Å². The topological polar surface area (TPSA) is 35.2 Å². The Kier molecular flexibility index (Phi) is 4.95. The van der Waals surface area contributed by atoms with Crippen molar-refractivity contribution in [3.8, 4) is 5.75 Å². The minimum Gasteiger partial charge on any atom is -0.464 e. The third-order valence-corrected chi connectivity index (χ3v) is 5.36. The fourth-order valence-corrected chi connectivity index (χ4v) is 4.04. The summed E-state index contributed by atoms with van der Waals surface area (Å²) in [5.41, 5.74) is 4.83. The molecular weight excluding hydrogens is 346 g/mol. The molecule has 0 aromatic heterocycles. The van der Waals surface area contributed by atoms with Gasteiger partial charge in [-0.15, -0.1) is 0 Å². The van der Waals surface area contributed by atoms with E-state index in [1.54, 1.807) is 0 Å². The van der Waals surface area contributed by atoms with Crippen LogP contribution < -0.4 is 20.9 Å². The maximum atomic E-state index is 13.0. The first-order chi connectivity index (χ1) is 11.9. The number of benzene rings is 3. The minimum atomic E-state index is -4.48. The molecule has 128 valence electrons. The number of hydrogen-bond acceptors (Lipinski definition) is 2. The van der Waals surface area contributed by atoms with Crippen molar-refractivity contribution in [2.24, 2.45) is 0 Å². The summed E-state index contributed by atoms with van der Waals surface area (Å²) in [6, 6.07) is 22.1. The smallest absolute Gasteiger partial charge is 0.416 e.